The Hall–Kier alpha value is -0.830. The van der Waals surface area contributed by atoms with Crippen molar-refractivity contribution in [3.63, 3.8) is 0 Å². The quantitative estimate of drug-likeness (QED) is 0.461. The van der Waals surface area contributed by atoms with E-state index >= 15 is 0 Å². The second kappa shape index (κ2) is 8.50. The molecular weight excluding hydrogens is 384 g/mol. The van der Waals surface area contributed by atoms with E-state index in [4.69, 9.17) is 0 Å². The van der Waals surface area contributed by atoms with E-state index in [0.717, 1.165) is 50.9 Å². The molecule has 3 fully saturated rings. The summed E-state index contributed by atoms with van der Waals surface area (Å²) in [6.45, 7) is 11.7. The molecule has 3 saturated carbocycles. The van der Waals surface area contributed by atoms with Crippen LogP contribution in [0, 0.1) is 52.3 Å². The molecule has 2 N–H and O–H groups in total. The minimum absolute atomic E-state index is 0.148. The SMILES string of the molecule is CC(C)[C@@H](C)CC[C@@H](C(=O)O)[C@H]1CC[C@H]2[C@@H]3CC=C4C[C@@H](O)CC[C@]4(C)[C@H]3CC[C@]12C. The van der Waals surface area contributed by atoms with Crippen molar-refractivity contribution >= 4 is 5.97 Å². The number of aliphatic hydroxyl groups excluding tert-OH is 1. The van der Waals surface area contributed by atoms with E-state index in [1.807, 2.05) is 0 Å². The van der Waals surface area contributed by atoms with Crippen LogP contribution in [0.1, 0.15) is 98.8 Å². The van der Waals surface area contributed by atoms with Crippen LogP contribution in [0.15, 0.2) is 11.6 Å². The standard InChI is InChI=1S/C28H46O3/c1-17(2)18(3)6-8-22(26(30)31)24-11-10-23-21-9-7-19-16-20(29)12-14-27(19,4)25(21)13-15-28(23,24)5/h7,17-18,20-25,29H,6,8-16H2,1-5H3,(H,30,31)/t18-,20-,21-,22+,23-,24+,25-,27-,28-/m0/s1. The van der Waals surface area contributed by atoms with Crippen molar-refractivity contribution in [2.45, 2.75) is 105 Å². The summed E-state index contributed by atoms with van der Waals surface area (Å²) in [5.41, 5.74) is 1.97. The Labute approximate surface area is 190 Å². The van der Waals surface area contributed by atoms with E-state index in [1.54, 1.807) is 0 Å². The zero-order valence-corrected chi connectivity index (χ0v) is 20.6. The van der Waals surface area contributed by atoms with E-state index in [1.165, 1.54) is 24.8 Å². The van der Waals surface area contributed by atoms with Gasteiger partial charge in [-0.25, -0.2) is 0 Å². The molecule has 0 aromatic rings. The molecule has 31 heavy (non-hydrogen) atoms. The van der Waals surface area contributed by atoms with Crippen LogP contribution in [0.2, 0.25) is 0 Å². The maximum absolute atomic E-state index is 12.4. The normalized spacial score (nSPS) is 44.1. The molecule has 0 aliphatic heterocycles. The second-order valence-electron chi connectivity index (χ2n) is 12.6. The van der Waals surface area contributed by atoms with E-state index in [9.17, 15) is 15.0 Å². The third-order valence-corrected chi connectivity index (χ3v) is 11.0. The lowest BCUT2D eigenvalue weighted by atomic mass is 9.47. The van der Waals surface area contributed by atoms with Gasteiger partial charge in [0.1, 0.15) is 0 Å². The van der Waals surface area contributed by atoms with Crippen molar-refractivity contribution in [3.05, 3.63) is 11.6 Å². The van der Waals surface area contributed by atoms with Gasteiger partial charge in [-0.3, -0.25) is 4.79 Å². The van der Waals surface area contributed by atoms with Crippen molar-refractivity contribution in [1.82, 2.24) is 0 Å². The van der Waals surface area contributed by atoms with Gasteiger partial charge in [-0.1, -0.05) is 46.3 Å². The molecule has 3 nitrogen and oxygen atoms in total. The summed E-state index contributed by atoms with van der Waals surface area (Å²) in [7, 11) is 0. The van der Waals surface area contributed by atoms with Crippen LogP contribution in [0.25, 0.3) is 0 Å². The third kappa shape index (κ3) is 3.91. The number of allylic oxidation sites excluding steroid dienone is 1. The Morgan fingerprint density at radius 2 is 1.81 bits per heavy atom. The summed E-state index contributed by atoms with van der Waals surface area (Å²) in [4.78, 5) is 12.4. The number of hydrogen-bond acceptors (Lipinski definition) is 2. The topological polar surface area (TPSA) is 57.5 Å². The predicted octanol–water partition coefficient (Wildman–Crippen LogP) is 6.70. The summed E-state index contributed by atoms with van der Waals surface area (Å²) in [6, 6.07) is 0. The minimum Gasteiger partial charge on any atom is -0.481 e. The predicted molar refractivity (Wildman–Crippen MR) is 126 cm³/mol. The second-order valence-corrected chi connectivity index (χ2v) is 12.6. The van der Waals surface area contributed by atoms with Gasteiger partial charge in [0.05, 0.1) is 12.0 Å². The molecule has 4 rings (SSSR count). The highest BCUT2D eigenvalue weighted by Gasteiger charge is 2.60. The zero-order chi connectivity index (χ0) is 22.6. The number of hydrogen-bond donors (Lipinski definition) is 2. The van der Waals surface area contributed by atoms with Crippen LogP contribution in [-0.2, 0) is 4.79 Å². The highest BCUT2D eigenvalue weighted by molar-refractivity contribution is 5.70. The number of carboxylic acid groups (broad SMARTS) is 1. The zero-order valence-electron chi connectivity index (χ0n) is 20.6. The van der Waals surface area contributed by atoms with Gasteiger partial charge in [-0.2, -0.15) is 0 Å². The lowest BCUT2D eigenvalue weighted by Gasteiger charge is -2.58. The molecule has 0 aromatic carbocycles. The van der Waals surface area contributed by atoms with Gasteiger partial charge >= 0.3 is 5.97 Å². The van der Waals surface area contributed by atoms with Crippen molar-refractivity contribution in [3.8, 4) is 0 Å². The first-order chi connectivity index (χ1) is 14.6. The number of carbonyl (C=O) groups is 1. The molecule has 0 unspecified atom stereocenters. The molecule has 4 aliphatic rings. The fourth-order valence-corrected chi connectivity index (χ4v) is 8.62. The summed E-state index contributed by atoms with van der Waals surface area (Å²) in [5, 5.41) is 20.4. The van der Waals surface area contributed by atoms with Crippen molar-refractivity contribution in [1.29, 1.82) is 0 Å². The number of rotatable bonds is 6. The number of fused-ring (bicyclic) bond motifs is 5. The Morgan fingerprint density at radius 3 is 2.48 bits per heavy atom. The van der Waals surface area contributed by atoms with Crippen molar-refractivity contribution < 1.29 is 15.0 Å². The smallest absolute Gasteiger partial charge is 0.306 e. The van der Waals surface area contributed by atoms with E-state index in [-0.39, 0.29) is 22.9 Å². The lowest BCUT2D eigenvalue weighted by molar-refractivity contribution is -0.147. The first-order valence-corrected chi connectivity index (χ1v) is 13.2. The monoisotopic (exact) mass is 430 g/mol. The molecule has 0 radical (unpaired) electrons. The highest BCUT2D eigenvalue weighted by Crippen LogP contribution is 2.67. The first kappa shape index (κ1) is 23.3. The molecule has 0 amide bonds. The molecule has 0 aromatic heterocycles. The molecular formula is C28H46O3. The van der Waals surface area contributed by atoms with Crippen LogP contribution < -0.4 is 0 Å². The van der Waals surface area contributed by atoms with Crippen LogP contribution in [0.4, 0.5) is 0 Å². The van der Waals surface area contributed by atoms with Crippen LogP contribution in [0.5, 0.6) is 0 Å². The molecule has 9 atom stereocenters. The van der Waals surface area contributed by atoms with Crippen LogP contribution in [0.3, 0.4) is 0 Å². The highest BCUT2D eigenvalue weighted by atomic mass is 16.4. The summed E-state index contributed by atoms with van der Waals surface area (Å²) >= 11 is 0. The largest absolute Gasteiger partial charge is 0.481 e. The average Bonchev–Trinajstić information content (AvgIpc) is 3.05. The lowest BCUT2D eigenvalue weighted by Crippen LogP contribution is -2.51. The Kier molecular flexibility index (Phi) is 6.40. The van der Waals surface area contributed by atoms with Gasteiger partial charge in [0.25, 0.3) is 0 Å². The molecule has 0 bridgehead atoms. The van der Waals surface area contributed by atoms with E-state index in [2.05, 4.69) is 40.7 Å². The fraction of sp³-hybridized carbons (Fsp3) is 0.893. The Bertz CT molecular complexity index is 711. The van der Waals surface area contributed by atoms with E-state index in [0.29, 0.717) is 29.6 Å². The van der Waals surface area contributed by atoms with E-state index < -0.39 is 5.97 Å². The Balaban J connectivity index is 1.54. The molecule has 0 spiro atoms. The third-order valence-electron chi connectivity index (χ3n) is 11.0. The Morgan fingerprint density at radius 1 is 1.06 bits per heavy atom. The molecule has 3 heteroatoms. The number of aliphatic hydroxyl groups is 1. The van der Waals surface area contributed by atoms with Crippen molar-refractivity contribution in [2.75, 3.05) is 0 Å². The maximum Gasteiger partial charge on any atom is 0.306 e. The van der Waals surface area contributed by atoms with Gasteiger partial charge in [0, 0.05) is 0 Å². The van der Waals surface area contributed by atoms with Gasteiger partial charge in [0.2, 0.25) is 0 Å². The number of aliphatic carboxylic acids is 1. The minimum atomic E-state index is -0.552. The van der Waals surface area contributed by atoms with Gasteiger partial charge in [0.15, 0.2) is 0 Å². The summed E-state index contributed by atoms with van der Waals surface area (Å²) < 4.78 is 0. The molecule has 4 aliphatic carbocycles. The fourth-order valence-electron chi connectivity index (χ4n) is 8.62. The first-order valence-electron chi connectivity index (χ1n) is 13.2. The molecule has 0 heterocycles. The van der Waals surface area contributed by atoms with Gasteiger partial charge < -0.3 is 10.2 Å². The van der Waals surface area contributed by atoms with Crippen LogP contribution in [-0.4, -0.2) is 22.3 Å². The van der Waals surface area contributed by atoms with Gasteiger partial charge in [-0.15, -0.1) is 0 Å². The summed E-state index contributed by atoms with van der Waals surface area (Å²) in [6.07, 6.45) is 13.1. The molecule has 0 saturated heterocycles. The average molecular weight is 431 g/mol. The maximum atomic E-state index is 12.4. The van der Waals surface area contributed by atoms with Gasteiger partial charge in [-0.05, 0) is 111 Å². The van der Waals surface area contributed by atoms with Crippen LogP contribution >= 0.6 is 0 Å². The summed E-state index contributed by atoms with van der Waals surface area (Å²) in [5.74, 6) is 2.91. The molecule has 176 valence electrons. The van der Waals surface area contributed by atoms with Crippen molar-refractivity contribution in [2.24, 2.45) is 52.3 Å². The number of carboxylic acids is 1.